The van der Waals surface area contributed by atoms with Crippen LogP contribution in [0.5, 0.6) is 0 Å². The summed E-state index contributed by atoms with van der Waals surface area (Å²) in [6, 6.07) is 10.4. The van der Waals surface area contributed by atoms with Crippen molar-refractivity contribution in [3.05, 3.63) is 57.7 Å². The van der Waals surface area contributed by atoms with Crippen molar-refractivity contribution in [2.24, 2.45) is 0 Å². The fraction of sp³-hybridized carbons (Fsp3) is 0.444. The van der Waals surface area contributed by atoms with Crippen molar-refractivity contribution >= 4 is 11.0 Å². The molecule has 0 heterocycles. The van der Waals surface area contributed by atoms with Crippen LogP contribution in [0.3, 0.4) is 0 Å². The third-order valence-electron chi connectivity index (χ3n) is 3.57. The van der Waals surface area contributed by atoms with Gasteiger partial charge in [0.05, 0.1) is 0 Å². The van der Waals surface area contributed by atoms with Crippen LogP contribution in [0.15, 0.2) is 52.1 Å². The largest absolute Gasteiger partial charge is 1.00 e. The van der Waals surface area contributed by atoms with E-state index in [1.807, 2.05) is 6.07 Å². The fourth-order valence-electron chi connectivity index (χ4n) is 2.93. The summed E-state index contributed by atoms with van der Waals surface area (Å²) in [6.07, 6.45) is 5.42. The molecule has 0 atom stereocenters. The number of benzene rings is 1. The van der Waals surface area contributed by atoms with Gasteiger partial charge in [-0.25, -0.2) is 0 Å². The van der Waals surface area contributed by atoms with Gasteiger partial charge in [-0.3, -0.25) is 0 Å². The predicted molar refractivity (Wildman–Crippen MR) is 98.0 cm³/mol. The molecule has 0 saturated carbocycles. The minimum Gasteiger partial charge on any atom is -1.00 e. The van der Waals surface area contributed by atoms with Crippen molar-refractivity contribution in [2.45, 2.75) is 49.8 Å². The van der Waals surface area contributed by atoms with Crippen LogP contribution in [0, 0.1) is 0 Å². The van der Waals surface area contributed by atoms with Crippen molar-refractivity contribution < 1.29 is 46.4 Å². The SMILES string of the molecule is CC(C)(C)[NH][Ti+2]([CH3])([CH3])[C]1=C(OCc2ccccc2)C=CC1.[Cl-].[Cl-].[SiH4]. The molecule has 1 aromatic rings. The number of rotatable bonds is 5. The van der Waals surface area contributed by atoms with E-state index in [-0.39, 0.29) is 41.3 Å². The van der Waals surface area contributed by atoms with E-state index >= 15 is 0 Å². The van der Waals surface area contributed by atoms with Gasteiger partial charge in [0.2, 0.25) is 0 Å². The molecule has 2 nitrogen and oxygen atoms in total. The molecule has 0 amide bonds. The van der Waals surface area contributed by atoms with E-state index in [9.17, 15) is 0 Å². The molecule has 1 N–H and O–H groups in total. The summed E-state index contributed by atoms with van der Waals surface area (Å²) in [7, 11) is 0. The second-order valence-electron chi connectivity index (χ2n) is 7.22. The fourth-order valence-corrected chi connectivity index (χ4v) is 8.28. The molecule has 136 valence electrons. The molecule has 0 fully saturated rings. The van der Waals surface area contributed by atoms with E-state index in [0.717, 1.165) is 12.2 Å². The van der Waals surface area contributed by atoms with Crippen molar-refractivity contribution in [3.63, 3.8) is 0 Å². The molecule has 0 radical (unpaired) electrons. The zero-order valence-corrected chi connectivity index (χ0v) is 17.7. The Balaban J connectivity index is 0. The second kappa shape index (κ2) is 10.8. The first kappa shape index (κ1) is 26.2. The van der Waals surface area contributed by atoms with Crippen molar-refractivity contribution in [1.29, 1.82) is 0 Å². The molecule has 1 aliphatic rings. The Labute approximate surface area is 168 Å². The molecule has 0 unspecified atom stereocenters. The van der Waals surface area contributed by atoms with Crippen LogP contribution >= 0.6 is 0 Å². The van der Waals surface area contributed by atoms with Gasteiger partial charge in [-0.05, 0) is 11.0 Å². The van der Waals surface area contributed by atoms with Crippen LogP contribution in [0.1, 0.15) is 32.8 Å². The van der Waals surface area contributed by atoms with Crippen LogP contribution in [0.4, 0.5) is 0 Å². The Morgan fingerprint density at radius 1 is 1.08 bits per heavy atom. The molecule has 1 aliphatic carbocycles. The first-order chi connectivity index (χ1) is 9.78. The van der Waals surface area contributed by atoms with E-state index < -0.39 is 16.8 Å². The van der Waals surface area contributed by atoms with E-state index in [4.69, 9.17) is 4.74 Å². The Morgan fingerprint density at radius 2 is 1.67 bits per heavy atom. The predicted octanol–water partition coefficient (Wildman–Crippen LogP) is -2.52. The Bertz CT molecular complexity index is 554. The van der Waals surface area contributed by atoms with E-state index in [2.05, 4.69) is 71.4 Å². The number of hydrogen-bond acceptors (Lipinski definition) is 2. The molecular formula is C18H31Cl2NOSiTi. The normalized spacial score (nSPS) is 13.0. The maximum absolute atomic E-state index is 6.10. The number of nitrogens with one attached hydrogen (secondary N) is 1. The monoisotopic (exact) mass is 423 g/mol. The Kier molecular flexibility index (Phi) is 11.8. The molecule has 0 aromatic heterocycles. The van der Waals surface area contributed by atoms with Crippen molar-refractivity contribution in [2.75, 3.05) is 0 Å². The number of hydrogen-bond donors (Lipinski definition) is 1. The van der Waals surface area contributed by atoms with Crippen molar-refractivity contribution in [3.8, 4) is 0 Å². The summed E-state index contributed by atoms with van der Waals surface area (Å²) >= 11 is -2.22. The summed E-state index contributed by atoms with van der Waals surface area (Å²) in [4.78, 5) is 0. The average Bonchev–Trinajstić information content (AvgIpc) is 2.84. The maximum Gasteiger partial charge on any atom is -0.0149 e. The summed E-state index contributed by atoms with van der Waals surface area (Å²) < 4.78 is 11.5. The van der Waals surface area contributed by atoms with Gasteiger partial charge in [-0.15, -0.1) is 0 Å². The van der Waals surface area contributed by atoms with E-state index in [0.29, 0.717) is 6.61 Å². The number of ether oxygens (including phenoxy) is 1. The van der Waals surface area contributed by atoms with Crippen LogP contribution < -0.4 is 28.6 Å². The van der Waals surface area contributed by atoms with E-state index in [1.54, 1.807) is 0 Å². The van der Waals surface area contributed by atoms with Crippen LogP contribution in [-0.2, 0) is 28.2 Å². The average molecular weight is 424 g/mol. The minimum absolute atomic E-state index is 0. The van der Waals surface area contributed by atoms with Crippen LogP contribution in [0.25, 0.3) is 0 Å². The third-order valence-corrected chi connectivity index (χ3v) is 8.77. The minimum atomic E-state index is -2.22. The van der Waals surface area contributed by atoms with Gasteiger partial charge >= 0.3 is 133 Å². The number of halogens is 2. The molecule has 0 aliphatic heterocycles. The van der Waals surface area contributed by atoms with Crippen LogP contribution in [-0.4, -0.2) is 16.5 Å². The maximum atomic E-state index is 6.10. The van der Waals surface area contributed by atoms with Gasteiger partial charge in [-0.2, -0.15) is 0 Å². The van der Waals surface area contributed by atoms with Crippen molar-refractivity contribution in [1.82, 2.24) is 3.80 Å². The zero-order valence-electron chi connectivity index (χ0n) is 14.6. The van der Waals surface area contributed by atoms with Crippen LogP contribution in [0.2, 0.25) is 10.5 Å². The summed E-state index contributed by atoms with van der Waals surface area (Å²) in [6.45, 7) is 7.38. The molecular weight excluding hydrogens is 393 g/mol. The van der Waals surface area contributed by atoms with E-state index in [1.165, 1.54) is 9.44 Å². The first-order valence-corrected chi connectivity index (χ1v) is 12.3. The number of allylic oxidation sites excluding steroid dienone is 3. The van der Waals surface area contributed by atoms with Gasteiger partial charge in [0.15, 0.2) is 0 Å². The molecule has 0 saturated heterocycles. The van der Waals surface area contributed by atoms with Gasteiger partial charge < -0.3 is 24.8 Å². The van der Waals surface area contributed by atoms with Gasteiger partial charge in [0.1, 0.15) is 0 Å². The quantitative estimate of drug-likeness (QED) is 0.528. The van der Waals surface area contributed by atoms with Gasteiger partial charge in [0.25, 0.3) is 0 Å². The molecule has 2 rings (SSSR count). The van der Waals surface area contributed by atoms with Gasteiger partial charge in [-0.1, -0.05) is 0 Å². The topological polar surface area (TPSA) is 21.3 Å². The Morgan fingerprint density at radius 3 is 2.21 bits per heavy atom. The third kappa shape index (κ3) is 7.90. The smallest absolute Gasteiger partial charge is 0.0149 e. The standard InChI is InChI=1S/C12H11O.C4H10N.2CH3.2ClH.H4Si.Ti/c1-2-6-11(7-3-1)10-13-12-8-4-5-9-12;1-4(2,3)5;;;;;;/h1-4,6-8H,5,10H2;5H,1-3H3;2*1H3;2*1H;1H4;/q;-1;;;;;;+3/p-2. The molecule has 0 spiro atoms. The summed E-state index contributed by atoms with van der Waals surface area (Å²) in [5.74, 6) is 1.10. The summed E-state index contributed by atoms with van der Waals surface area (Å²) in [5.41, 5.74) is 1.38. The molecule has 0 bridgehead atoms. The second-order valence-corrected chi connectivity index (χ2v) is 13.6. The molecule has 6 heteroatoms. The molecule has 1 aromatic carbocycles. The zero-order chi connectivity index (χ0) is 15.5. The first-order valence-electron chi connectivity index (χ1n) is 7.64. The van der Waals surface area contributed by atoms with Gasteiger partial charge in [0, 0.05) is 0 Å². The summed E-state index contributed by atoms with van der Waals surface area (Å²) in [5, 5.41) is 4.83. The Hall–Kier alpha value is -0.0288. The molecule has 24 heavy (non-hydrogen) atoms.